The highest BCUT2D eigenvalue weighted by molar-refractivity contribution is 7.96. The quantitative estimate of drug-likeness (QED) is 0.476. The molecular formula is C25H27F2NO6S. The van der Waals surface area contributed by atoms with Gasteiger partial charge in [0.15, 0.2) is 17.1 Å². The molecule has 0 spiro atoms. The molecule has 0 bridgehead atoms. The smallest absolute Gasteiger partial charge is 0.378 e. The van der Waals surface area contributed by atoms with Crippen molar-refractivity contribution in [3.05, 3.63) is 41.8 Å². The average molecular weight is 508 g/mol. The molecule has 0 aliphatic heterocycles. The molecule has 35 heavy (non-hydrogen) atoms. The van der Waals surface area contributed by atoms with Crippen LogP contribution in [-0.4, -0.2) is 50.7 Å². The molecule has 0 aromatic carbocycles. The van der Waals surface area contributed by atoms with Gasteiger partial charge in [0.25, 0.3) is 0 Å². The first-order valence-electron chi connectivity index (χ1n) is 11.7. The van der Waals surface area contributed by atoms with E-state index in [1.807, 2.05) is 0 Å². The Balaban J connectivity index is 1.62. The molecule has 5 unspecified atom stereocenters. The molecule has 3 fully saturated rings. The number of thiol groups is 1. The summed E-state index contributed by atoms with van der Waals surface area (Å²) < 4.78 is 43.5. The molecule has 4 aliphatic carbocycles. The minimum absolute atomic E-state index is 0.0192. The van der Waals surface area contributed by atoms with Crippen molar-refractivity contribution in [1.29, 1.82) is 0 Å². The van der Waals surface area contributed by atoms with Crippen LogP contribution in [0.2, 0.25) is 0 Å². The maximum atomic E-state index is 17.3. The third-order valence-electron chi connectivity index (χ3n) is 9.38. The highest BCUT2D eigenvalue weighted by Crippen LogP contribution is 2.71. The van der Waals surface area contributed by atoms with Gasteiger partial charge in [-0.15, -0.1) is 12.6 Å². The van der Waals surface area contributed by atoms with Crippen LogP contribution in [0.4, 0.5) is 8.78 Å². The van der Waals surface area contributed by atoms with Gasteiger partial charge in [0.05, 0.1) is 12.3 Å². The Morgan fingerprint density at radius 1 is 1.29 bits per heavy atom. The number of rotatable bonds is 3. The van der Waals surface area contributed by atoms with Gasteiger partial charge in [0, 0.05) is 28.7 Å². The van der Waals surface area contributed by atoms with Crippen molar-refractivity contribution in [3.63, 3.8) is 0 Å². The van der Waals surface area contributed by atoms with Gasteiger partial charge < -0.3 is 14.4 Å². The molecule has 5 rings (SSSR count). The van der Waals surface area contributed by atoms with E-state index in [1.54, 1.807) is 13.8 Å². The Kier molecular flexibility index (Phi) is 5.28. The van der Waals surface area contributed by atoms with Gasteiger partial charge in [0.2, 0.25) is 10.9 Å². The predicted octanol–water partition coefficient (Wildman–Crippen LogP) is 3.59. The zero-order valence-corrected chi connectivity index (χ0v) is 20.4. The van der Waals surface area contributed by atoms with E-state index in [2.05, 4.69) is 17.8 Å². The van der Waals surface area contributed by atoms with Crippen molar-refractivity contribution in [2.24, 2.45) is 28.6 Å². The third-order valence-corrected chi connectivity index (χ3v) is 9.71. The SMILES string of the molecule is CC1C[C@H]2[C@@H]3CC(F)C4=CC(=O)C=C[C@]4(C)C3(F)C(O)C[C@]2(C)C1(OC(=O)c1ccno1)C(=O)S. The summed E-state index contributed by atoms with van der Waals surface area (Å²) in [5, 5.41) is 14.2. The van der Waals surface area contributed by atoms with E-state index in [9.17, 15) is 19.5 Å². The lowest BCUT2D eigenvalue weighted by molar-refractivity contribution is -0.221. The van der Waals surface area contributed by atoms with Crippen molar-refractivity contribution in [1.82, 2.24) is 5.16 Å². The molecule has 1 N–H and O–H groups in total. The van der Waals surface area contributed by atoms with Gasteiger partial charge in [-0.1, -0.05) is 25.1 Å². The fraction of sp³-hybridized carbons (Fsp3) is 0.600. The molecule has 0 radical (unpaired) electrons. The summed E-state index contributed by atoms with van der Waals surface area (Å²) >= 11 is 4.10. The number of nitrogens with zero attached hydrogens (tertiary/aromatic N) is 1. The van der Waals surface area contributed by atoms with Gasteiger partial charge in [-0.2, -0.15) is 0 Å². The number of hydrogen-bond donors (Lipinski definition) is 2. The molecular weight excluding hydrogens is 480 g/mol. The monoisotopic (exact) mass is 507 g/mol. The van der Waals surface area contributed by atoms with Crippen LogP contribution in [-0.2, 0) is 14.3 Å². The number of ketones is 1. The number of carbonyl (C=O) groups excluding carboxylic acids is 3. The number of fused-ring (bicyclic) bond motifs is 5. The molecule has 0 amide bonds. The fourth-order valence-corrected chi connectivity index (χ4v) is 8.28. The highest BCUT2D eigenvalue weighted by atomic mass is 32.1. The number of carbonyl (C=O) groups is 3. The van der Waals surface area contributed by atoms with Crippen molar-refractivity contribution in [3.8, 4) is 0 Å². The second-order valence-corrected chi connectivity index (χ2v) is 11.2. The van der Waals surface area contributed by atoms with Crippen LogP contribution in [0.1, 0.15) is 50.6 Å². The van der Waals surface area contributed by atoms with E-state index >= 15 is 8.78 Å². The van der Waals surface area contributed by atoms with Crippen molar-refractivity contribution >= 4 is 29.5 Å². The topological polar surface area (TPSA) is 107 Å². The number of halogens is 2. The lowest BCUT2D eigenvalue weighted by Crippen LogP contribution is -2.70. The number of aromatic nitrogens is 1. The van der Waals surface area contributed by atoms with E-state index in [1.165, 1.54) is 31.3 Å². The Hall–Kier alpha value is -2.33. The van der Waals surface area contributed by atoms with E-state index in [0.717, 1.165) is 6.08 Å². The molecule has 4 aliphatic rings. The number of allylic oxidation sites excluding steroid dienone is 4. The molecule has 9 atom stereocenters. The molecule has 188 valence electrons. The predicted molar refractivity (Wildman–Crippen MR) is 122 cm³/mol. The summed E-state index contributed by atoms with van der Waals surface area (Å²) in [6, 6.07) is 1.29. The van der Waals surface area contributed by atoms with Crippen molar-refractivity contribution < 1.29 is 37.5 Å². The summed E-state index contributed by atoms with van der Waals surface area (Å²) in [7, 11) is 0. The Bertz CT molecular complexity index is 1170. The first kappa shape index (κ1) is 24.4. The van der Waals surface area contributed by atoms with Crippen molar-refractivity contribution in [2.45, 2.75) is 63.6 Å². The van der Waals surface area contributed by atoms with Crippen LogP contribution < -0.4 is 0 Å². The van der Waals surface area contributed by atoms with E-state index in [-0.39, 0.29) is 30.6 Å². The summed E-state index contributed by atoms with van der Waals surface area (Å²) in [5.41, 5.74) is -6.88. The van der Waals surface area contributed by atoms with Crippen molar-refractivity contribution in [2.75, 3.05) is 0 Å². The molecule has 1 aromatic heterocycles. The van der Waals surface area contributed by atoms with Crippen LogP contribution in [0.3, 0.4) is 0 Å². The number of aliphatic hydroxyl groups is 1. The Labute approximate surface area is 206 Å². The summed E-state index contributed by atoms with van der Waals surface area (Å²) in [6.07, 6.45) is 1.46. The molecule has 0 saturated heterocycles. The van der Waals surface area contributed by atoms with Crippen LogP contribution in [0.15, 0.2) is 40.6 Å². The zero-order valence-electron chi connectivity index (χ0n) is 19.5. The van der Waals surface area contributed by atoms with Gasteiger partial charge in [-0.25, -0.2) is 13.6 Å². The second kappa shape index (κ2) is 7.59. The number of ether oxygens (including phenoxy) is 1. The first-order chi connectivity index (χ1) is 16.3. The lowest BCUT2D eigenvalue weighted by Gasteiger charge is -2.63. The number of aliphatic hydroxyl groups excluding tert-OH is 1. The fourth-order valence-electron chi connectivity index (χ4n) is 7.76. The third kappa shape index (κ3) is 2.86. The minimum atomic E-state index is -2.30. The molecule has 7 nitrogen and oxygen atoms in total. The average Bonchev–Trinajstić information content (AvgIpc) is 3.39. The summed E-state index contributed by atoms with van der Waals surface area (Å²) in [4.78, 5) is 38.0. The van der Waals surface area contributed by atoms with Gasteiger partial charge in [-0.3, -0.25) is 9.59 Å². The normalized spacial score (nSPS) is 46.3. The second-order valence-electron chi connectivity index (χ2n) is 10.8. The summed E-state index contributed by atoms with van der Waals surface area (Å²) in [6.45, 7) is 4.89. The highest BCUT2D eigenvalue weighted by Gasteiger charge is 2.78. The van der Waals surface area contributed by atoms with Gasteiger partial charge in [0.1, 0.15) is 6.17 Å². The van der Waals surface area contributed by atoms with Crippen LogP contribution in [0, 0.1) is 28.6 Å². The zero-order chi connectivity index (χ0) is 25.6. The Morgan fingerprint density at radius 2 is 2.00 bits per heavy atom. The van der Waals surface area contributed by atoms with E-state index < -0.39 is 69.0 Å². The molecule has 10 heteroatoms. The Morgan fingerprint density at radius 3 is 2.63 bits per heavy atom. The maximum absolute atomic E-state index is 17.3. The maximum Gasteiger partial charge on any atom is 0.378 e. The van der Waals surface area contributed by atoms with Crippen LogP contribution in [0.5, 0.6) is 0 Å². The lowest BCUT2D eigenvalue weighted by atomic mass is 9.44. The van der Waals surface area contributed by atoms with E-state index in [0.29, 0.717) is 0 Å². The largest absolute Gasteiger partial charge is 0.443 e. The number of esters is 1. The van der Waals surface area contributed by atoms with Crippen LogP contribution in [0.25, 0.3) is 0 Å². The first-order valence-corrected chi connectivity index (χ1v) is 12.1. The van der Waals surface area contributed by atoms with Crippen LogP contribution >= 0.6 is 12.6 Å². The number of alkyl halides is 2. The minimum Gasteiger partial charge on any atom is -0.443 e. The molecule has 1 heterocycles. The van der Waals surface area contributed by atoms with E-state index in [4.69, 9.17) is 9.26 Å². The molecule has 3 saturated carbocycles. The standard InChI is InChI=1S/C25H27F2NO6S/c1-12-8-14-15-10-17(26)16-9-13(29)4-6-22(16,2)24(15,27)19(30)11-23(14,3)25(12,21(32)35)33-20(31)18-5-7-28-34-18/h4-7,9,12,14-15,17,19,30H,8,10-11H2,1-3H3,(H,32,35)/t12?,14-,15-,17?,19?,22-,23-,24?,25?/m0/s1. The number of hydrogen-bond acceptors (Lipinski definition) is 7. The molecule has 1 aromatic rings. The summed E-state index contributed by atoms with van der Waals surface area (Å²) in [5.74, 6) is -3.79. The van der Waals surface area contributed by atoms with Gasteiger partial charge >= 0.3 is 5.97 Å². The van der Waals surface area contributed by atoms with Gasteiger partial charge in [-0.05, 0) is 49.8 Å².